The number of para-hydroxylation sites is 1. The van der Waals surface area contributed by atoms with E-state index in [1.165, 1.54) is 13.0 Å². The largest absolute Gasteiger partial charge is 0.481 e. The number of hydrogen-bond acceptors (Lipinski definition) is 2. The molecule has 0 unspecified atom stereocenters. The van der Waals surface area contributed by atoms with Crippen molar-refractivity contribution < 1.29 is 18.3 Å². The Morgan fingerprint density at radius 2 is 1.64 bits per heavy atom. The molecule has 2 rings (SSSR count). The number of rotatable bonds is 4. The fourth-order valence-corrected chi connectivity index (χ4v) is 2.10. The summed E-state index contributed by atoms with van der Waals surface area (Å²) in [6, 6.07) is 8.95. The van der Waals surface area contributed by atoms with Gasteiger partial charge in [-0.3, -0.25) is 4.79 Å². The van der Waals surface area contributed by atoms with E-state index in [9.17, 15) is 13.6 Å². The van der Waals surface area contributed by atoms with E-state index in [1.807, 2.05) is 19.9 Å². The SMILES string of the molecule is Cc1cc(C)cc(O[C@@H](C)C(=O)Nc2c(F)cccc2F)c1. The number of benzene rings is 2. The minimum absolute atomic E-state index is 0.469. The normalized spacial score (nSPS) is 11.9. The van der Waals surface area contributed by atoms with Gasteiger partial charge in [0.15, 0.2) is 6.10 Å². The van der Waals surface area contributed by atoms with E-state index in [2.05, 4.69) is 5.32 Å². The standard InChI is InChI=1S/C17H17F2NO2/c1-10-7-11(2)9-13(8-10)22-12(3)17(21)20-16-14(18)5-4-6-15(16)19/h4-9,12H,1-3H3,(H,20,21)/t12-/m0/s1. The zero-order valence-electron chi connectivity index (χ0n) is 12.6. The third-order valence-corrected chi connectivity index (χ3v) is 3.09. The molecule has 0 fully saturated rings. The van der Waals surface area contributed by atoms with E-state index in [0.29, 0.717) is 5.75 Å². The number of carbonyl (C=O) groups excluding carboxylic acids is 1. The van der Waals surface area contributed by atoms with Gasteiger partial charge >= 0.3 is 0 Å². The van der Waals surface area contributed by atoms with Crippen molar-refractivity contribution in [2.45, 2.75) is 26.9 Å². The zero-order valence-corrected chi connectivity index (χ0v) is 12.6. The summed E-state index contributed by atoms with van der Waals surface area (Å²) < 4.78 is 32.6. The summed E-state index contributed by atoms with van der Waals surface area (Å²) >= 11 is 0. The van der Waals surface area contributed by atoms with Crippen molar-refractivity contribution in [3.63, 3.8) is 0 Å². The number of nitrogens with one attached hydrogen (secondary N) is 1. The van der Waals surface area contributed by atoms with Gasteiger partial charge in [-0.2, -0.15) is 0 Å². The molecule has 0 aliphatic heterocycles. The molecule has 0 bridgehead atoms. The van der Waals surface area contributed by atoms with Crippen LogP contribution >= 0.6 is 0 Å². The maximum Gasteiger partial charge on any atom is 0.265 e. The zero-order chi connectivity index (χ0) is 16.3. The molecule has 0 aromatic heterocycles. The van der Waals surface area contributed by atoms with Crippen molar-refractivity contribution in [1.82, 2.24) is 0 Å². The second kappa shape index (κ2) is 6.56. The first kappa shape index (κ1) is 15.9. The molecule has 5 heteroatoms. The molecule has 0 saturated heterocycles. The summed E-state index contributed by atoms with van der Waals surface area (Å²) in [7, 11) is 0. The van der Waals surface area contributed by atoms with E-state index in [1.54, 1.807) is 12.1 Å². The third-order valence-electron chi connectivity index (χ3n) is 3.09. The average molecular weight is 305 g/mol. The van der Waals surface area contributed by atoms with Crippen LogP contribution in [0.3, 0.4) is 0 Å². The van der Waals surface area contributed by atoms with Gasteiger partial charge in [0.25, 0.3) is 5.91 Å². The van der Waals surface area contributed by atoms with E-state index in [0.717, 1.165) is 23.3 Å². The Bertz CT molecular complexity index is 661. The second-order valence-corrected chi connectivity index (χ2v) is 5.17. The first-order valence-electron chi connectivity index (χ1n) is 6.86. The minimum atomic E-state index is -0.889. The summed E-state index contributed by atoms with van der Waals surface area (Å²) in [5.74, 6) is -1.74. The number of carbonyl (C=O) groups is 1. The Morgan fingerprint density at radius 1 is 1.09 bits per heavy atom. The van der Waals surface area contributed by atoms with Crippen LogP contribution < -0.4 is 10.1 Å². The van der Waals surface area contributed by atoms with E-state index in [-0.39, 0.29) is 0 Å². The quantitative estimate of drug-likeness (QED) is 0.927. The van der Waals surface area contributed by atoms with E-state index in [4.69, 9.17) is 4.74 Å². The predicted octanol–water partition coefficient (Wildman–Crippen LogP) is 3.99. The lowest BCUT2D eigenvalue weighted by molar-refractivity contribution is -0.122. The topological polar surface area (TPSA) is 38.3 Å². The first-order chi connectivity index (χ1) is 10.4. The molecule has 2 aromatic rings. The van der Waals surface area contributed by atoms with Crippen LogP contribution in [0.25, 0.3) is 0 Å². The van der Waals surface area contributed by atoms with Crippen molar-refractivity contribution in [2.75, 3.05) is 5.32 Å². The molecule has 0 aliphatic carbocycles. The van der Waals surface area contributed by atoms with Gasteiger partial charge in [-0.25, -0.2) is 8.78 Å². The van der Waals surface area contributed by atoms with Crippen LogP contribution in [0.15, 0.2) is 36.4 Å². The lowest BCUT2D eigenvalue weighted by Gasteiger charge is -2.16. The molecule has 22 heavy (non-hydrogen) atoms. The summed E-state index contributed by atoms with van der Waals surface area (Å²) in [6.07, 6.45) is -0.889. The molecule has 1 N–H and O–H groups in total. The van der Waals surface area contributed by atoms with Gasteiger partial charge in [-0.15, -0.1) is 0 Å². The molecule has 0 spiro atoms. The lowest BCUT2D eigenvalue weighted by Crippen LogP contribution is -2.30. The van der Waals surface area contributed by atoms with Crippen LogP contribution in [0.2, 0.25) is 0 Å². The van der Waals surface area contributed by atoms with Crippen LogP contribution in [0, 0.1) is 25.5 Å². The van der Waals surface area contributed by atoms with Crippen molar-refractivity contribution in [1.29, 1.82) is 0 Å². The predicted molar refractivity (Wildman–Crippen MR) is 81.0 cm³/mol. The van der Waals surface area contributed by atoms with E-state index >= 15 is 0 Å². The molecular weight excluding hydrogens is 288 g/mol. The molecule has 0 radical (unpaired) electrons. The van der Waals surface area contributed by atoms with Gasteiger partial charge in [0.1, 0.15) is 23.1 Å². The highest BCUT2D eigenvalue weighted by molar-refractivity contribution is 5.94. The molecule has 0 saturated carbocycles. The number of ether oxygens (including phenoxy) is 1. The smallest absolute Gasteiger partial charge is 0.265 e. The van der Waals surface area contributed by atoms with Crippen LogP contribution in [0.1, 0.15) is 18.1 Å². The van der Waals surface area contributed by atoms with Crippen LogP contribution in [0.4, 0.5) is 14.5 Å². The minimum Gasteiger partial charge on any atom is -0.481 e. The molecule has 1 amide bonds. The van der Waals surface area contributed by atoms with Crippen LogP contribution in [-0.2, 0) is 4.79 Å². The lowest BCUT2D eigenvalue weighted by atomic mass is 10.1. The van der Waals surface area contributed by atoms with Crippen molar-refractivity contribution in [3.8, 4) is 5.75 Å². The molecule has 116 valence electrons. The molecular formula is C17H17F2NO2. The molecule has 0 heterocycles. The highest BCUT2D eigenvalue weighted by atomic mass is 19.1. The van der Waals surface area contributed by atoms with Crippen molar-refractivity contribution in [2.24, 2.45) is 0 Å². The fourth-order valence-electron chi connectivity index (χ4n) is 2.10. The number of aryl methyl sites for hydroxylation is 2. The Balaban J connectivity index is 2.09. The van der Waals surface area contributed by atoms with Gasteiger partial charge < -0.3 is 10.1 Å². The number of hydrogen-bond donors (Lipinski definition) is 1. The maximum absolute atomic E-state index is 13.5. The van der Waals surface area contributed by atoms with Gasteiger partial charge in [0.05, 0.1) is 0 Å². The third kappa shape index (κ3) is 3.81. The second-order valence-electron chi connectivity index (χ2n) is 5.17. The van der Waals surface area contributed by atoms with Gasteiger partial charge in [0, 0.05) is 0 Å². The summed E-state index contributed by atoms with van der Waals surface area (Å²) in [5, 5.41) is 2.21. The monoisotopic (exact) mass is 305 g/mol. The Kier molecular flexibility index (Phi) is 4.75. The Hall–Kier alpha value is -2.43. The molecule has 0 aliphatic rings. The highest BCUT2D eigenvalue weighted by Crippen LogP contribution is 2.20. The molecule has 2 aromatic carbocycles. The summed E-state index contributed by atoms with van der Waals surface area (Å²) in [6.45, 7) is 5.35. The molecule has 3 nitrogen and oxygen atoms in total. The summed E-state index contributed by atoms with van der Waals surface area (Å²) in [4.78, 5) is 12.0. The average Bonchev–Trinajstić information content (AvgIpc) is 2.41. The fraction of sp³-hybridized carbons (Fsp3) is 0.235. The van der Waals surface area contributed by atoms with E-state index < -0.39 is 29.3 Å². The summed E-state index contributed by atoms with van der Waals surface area (Å²) in [5.41, 5.74) is 1.54. The highest BCUT2D eigenvalue weighted by Gasteiger charge is 2.18. The van der Waals surface area contributed by atoms with Gasteiger partial charge in [-0.1, -0.05) is 12.1 Å². The Morgan fingerprint density at radius 3 is 2.18 bits per heavy atom. The number of amides is 1. The Labute approximate surface area is 127 Å². The number of anilines is 1. The van der Waals surface area contributed by atoms with Gasteiger partial charge in [0.2, 0.25) is 0 Å². The van der Waals surface area contributed by atoms with Crippen molar-refractivity contribution >= 4 is 11.6 Å². The van der Waals surface area contributed by atoms with Crippen molar-refractivity contribution in [3.05, 3.63) is 59.2 Å². The van der Waals surface area contributed by atoms with Gasteiger partial charge in [-0.05, 0) is 56.2 Å². The first-order valence-corrected chi connectivity index (χ1v) is 6.86. The molecule has 1 atom stereocenters. The number of halogens is 2. The van der Waals surface area contributed by atoms with Crippen LogP contribution in [0.5, 0.6) is 5.75 Å². The van der Waals surface area contributed by atoms with Crippen LogP contribution in [-0.4, -0.2) is 12.0 Å². The maximum atomic E-state index is 13.5.